The molecule has 0 atom stereocenters. The molecule has 1 aromatic carbocycles. The van der Waals surface area contributed by atoms with Crippen LogP contribution in [0.15, 0.2) is 21.9 Å². The van der Waals surface area contributed by atoms with Crippen molar-refractivity contribution in [2.24, 2.45) is 0 Å². The Balaban J connectivity index is 2.71. The Morgan fingerprint density at radius 3 is 1.56 bits per heavy atom. The lowest BCUT2D eigenvalue weighted by Crippen LogP contribution is -2.29. The van der Waals surface area contributed by atoms with Gasteiger partial charge in [0.1, 0.15) is 0 Å². The maximum Gasteiger partial charge on any atom is 0.501 e. The van der Waals surface area contributed by atoms with E-state index in [0.29, 0.717) is 25.1 Å². The van der Waals surface area contributed by atoms with E-state index in [1.165, 1.54) is 0 Å². The molecule has 0 aliphatic heterocycles. The smallest absolute Gasteiger partial charge is 0.313 e. The van der Waals surface area contributed by atoms with Crippen molar-refractivity contribution in [3.05, 3.63) is 23.3 Å². The van der Waals surface area contributed by atoms with Crippen molar-refractivity contribution in [2.75, 3.05) is 6.54 Å². The first-order valence-corrected chi connectivity index (χ1v) is 10.6. The van der Waals surface area contributed by atoms with E-state index in [1.54, 1.807) is 0 Å². The van der Waals surface area contributed by atoms with Gasteiger partial charge in [-0.3, -0.25) is 0 Å². The van der Waals surface area contributed by atoms with Crippen LogP contribution in [0.1, 0.15) is 24.5 Å². The molecule has 5 nitrogen and oxygen atoms in total. The van der Waals surface area contributed by atoms with Gasteiger partial charge in [0.05, 0.1) is 9.79 Å². The molecule has 0 bridgehead atoms. The highest BCUT2D eigenvalue weighted by Gasteiger charge is 2.54. The van der Waals surface area contributed by atoms with Crippen LogP contribution in [0, 0.1) is 0 Å². The van der Waals surface area contributed by atoms with Gasteiger partial charge < -0.3 is 5.32 Å². The average Bonchev–Trinajstić information content (AvgIpc) is 2.91. The monoisotopic (exact) mass is 439 g/mol. The van der Waals surface area contributed by atoms with E-state index < -0.39 is 40.5 Å². The Kier molecular flexibility index (Phi) is 5.63. The molecule has 0 amide bonds. The average molecular weight is 439 g/mol. The molecule has 1 N–H and O–H groups in total. The maximum atomic E-state index is 12.9. The summed E-state index contributed by atoms with van der Waals surface area (Å²) in [5.74, 6) is 0. The highest BCUT2D eigenvalue weighted by molar-refractivity contribution is 7.95. The normalized spacial score (nSPS) is 16.6. The van der Waals surface area contributed by atoms with E-state index in [4.69, 9.17) is 0 Å². The maximum absolute atomic E-state index is 12.9. The van der Waals surface area contributed by atoms with Gasteiger partial charge in [0, 0.05) is 6.04 Å². The molecule has 154 valence electrons. The van der Waals surface area contributed by atoms with Crippen molar-refractivity contribution >= 4 is 19.7 Å². The van der Waals surface area contributed by atoms with Crippen LogP contribution < -0.4 is 5.32 Å². The van der Waals surface area contributed by atoms with Crippen molar-refractivity contribution in [3.8, 4) is 0 Å². The third kappa shape index (κ3) is 3.94. The number of alkyl halides is 6. The SMILES string of the molecule is CCCNC1Cc2cc(S(=O)(=O)C(F)(F)F)c(S(=O)(=O)C(F)(F)F)cc2C1. The fourth-order valence-electron chi connectivity index (χ4n) is 2.79. The van der Waals surface area contributed by atoms with Gasteiger partial charge >= 0.3 is 11.0 Å². The second-order valence-corrected chi connectivity index (χ2v) is 9.84. The molecule has 13 heteroatoms. The number of hydrogen-bond acceptors (Lipinski definition) is 5. The molecule has 2 rings (SSSR count). The van der Waals surface area contributed by atoms with Gasteiger partial charge in [-0.05, 0) is 49.1 Å². The first-order chi connectivity index (χ1) is 12.1. The molecule has 0 unspecified atom stereocenters. The van der Waals surface area contributed by atoms with Crippen LogP contribution >= 0.6 is 0 Å². The van der Waals surface area contributed by atoms with E-state index in [9.17, 15) is 43.2 Å². The molecular formula is C14H15F6NO4S2. The minimum absolute atomic E-state index is 0.0625. The highest BCUT2D eigenvalue weighted by Crippen LogP contribution is 2.41. The Labute approximate surface area is 151 Å². The molecule has 27 heavy (non-hydrogen) atoms. The van der Waals surface area contributed by atoms with Crippen LogP contribution in [0.3, 0.4) is 0 Å². The van der Waals surface area contributed by atoms with Gasteiger partial charge in [0.2, 0.25) is 0 Å². The zero-order chi connectivity index (χ0) is 20.8. The minimum atomic E-state index is -6.31. The van der Waals surface area contributed by atoms with Crippen molar-refractivity contribution < 1.29 is 43.2 Å². The lowest BCUT2D eigenvalue weighted by atomic mass is 10.1. The molecule has 0 heterocycles. The molecular weight excluding hydrogens is 424 g/mol. The van der Waals surface area contributed by atoms with Gasteiger partial charge in [0.25, 0.3) is 19.7 Å². The predicted molar refractivity (Wildman–Crippen MR) is 82.4 cm³/mol. The summed E-state index contributed by atoms with van der Waals surface area (Å²) in [7, 11) is -12.6. The van der Waals surface area contributed by atoms with E-state index >= 15 is 0 Å². The lowest BCUT2D eigenvalue weighted by molar-refractivity contribution is -0.0456. The van der Waals surface area contributed by atoms with E-state index in [1.807, 2.05) is 6.92 Å². The number of nitrogens with one attached hydrogen (secondary N) is 1. The molecule has 0 aromatic heterocycles. The zero-order valence-electron chi connectivity index (χ0n) is 13.8. The van der Waals surface area contributed by atoms with Crippen LogP contribution in [0.25, 0.3) is 0 Å². The molecule has 0 saturated carbocycles. The summed E-state index contributed by atoms with van der Waals surface area (Å²) in [6, 6.07) is 0.444. The third-order valence-electron chi connectivity index (χ3n) is 4.07. The van der Waals surface area contributed by atoms with E-state index in [-0.39, 0.29) is 30.0 Å². The fraction of sp³-hybridized carbons (Fsp3) is 0.571. The molecule has 0 radical (unpaired) electrons. The number of hydrogen-bond donors (Lipinski definition) is 1. The van der Waals surface area contributed by atoms with E-state index in [2.05, 4.69) is 5.32 Å². The molecule has 1 aliphatic rings. The van der Waals surface area contributed by atoms with Crippen molar-refractivity contribution in [3.63, 3.8) is 0 Å². The van der Waals surface area contributed by atoms with Gasteiger partial charge in [-0.15, -0.1) is 0 Å². The van der Waals surface area contributed by atoms with Crippen LogP contribution in [-0.4, -0.2) is 40.4 Å². The zero-order valence-corrected chi connectivity index (χ0v) is 15.4. The lowest BCUT2D eigenvalue weighted by Gasteiger charge is -2.16. The number of fused-ring (bicyclic) bond motifs is 1. The van der Waals surface area contributed by atoms with E-state index in [0.717, 1.165) is 0 Å². The Morgan fingerprint density at radius 1 is 0.889 bits per heavy atom. The molecule has 1 aromatic rings. The number of halogens is 6. The van der Waals surface area contributed by atoms with Gasteiger partial charge in [-0.2, -0.15) is 26.3 Å². The number of rotatable bonds is 5. The Bertz CT molecular complexity index is 863. The fourth-order valence-corrected chi connectivity index (χ4v) is 5.19. The summed E-state index contributed by atoms with van der Waals surface area (Å²) < 4.78 is 124. The first kappa shape index (κ1) is 22.0. The summed E-state index contributed by atoms with van der Waals surface area (Å²) in [5.41, 5.74) is -11.8. The summed E-state index contributed by atoms with van der Waals surface area (Å²) in [5, 5.41) is 3.01. The van der Waals surface area contributed by atoms with Crippen LogP contribution in [0.5, 0.6) is 0 Å². The summed E-state index contributed by atoms with van der Waals surface area (Å²) in [4.78, 5) is -3.80. The van der Waals surface area contributed by atoms with Crippen molar-refractivity contribution in [2.45, 2.75) is 53.0 Å². The molecule has 1 aliphatic carbocycles. The van der Waals surface area contributed by atoms with Crippen LogP contribution in [0.2, 0.25) is 0 Å². The van der Waals surface area contributed by atoms with Gasteiger partial charge in [0.15, 0.2) is 0 Å². The molecule has 0 fully saturated rings. The predicted octanol–water partition coefficient (Wildman–Crippen LogP) is 2.74. The number of sulfone groups is 2. The third-order valence-corrected chi connectivity index (χ3v) is 7.25. The second kappa shape index (κ2) is 6.92. The Morgan fingerprint density at radius 2 is 1.26 bits per heavy atom. The summed E-state index contributed by atoms with van der Waals surface area (Å²) in [6.07, 6.45) is 0.859. The molecule has 0 spiro atoms. The quantitative estimate of drug-likeness (QED) is 0.714. The highest BCUT2D eigenvalue weighted by atomic mass is 32.2. The van der Waals surface area contributed by atoms with Gasteiger partial charge in [-0.25, -0.2) is 16.8 Å². The van der Waals surface area contributed by atoms with Gasteiger partial charge in [-0.1, -0.05) is 6.92 Å². The van der Waals surface area contributed by atoms with Crippen molar-refractivity contribution in [1.82, 2.24) is 5.32 Å². The standard InChI is InChI=1S/C14H15F6NO4S2/c1-2-3-21-10-4-8-6-11(26(22,23)13(15,16)17)12(7-9(8)5-10)27(24,25)14(18,19)20/h6-7,10,21H,2-5H2,1H3. The second-order valence-electron chi connectivity index (χ2n) is 6.03. The van der Waals surface area contributed by atoms with Crippen LogP contribution in [-0.2, 0) is 32.5 Å². The van der Waals surface area contributed by atoms with Crippen LogP contribution in [0.4, 0.5) is 26.3 Å². The number of benzene rings is 1. The Hall–Kier alpha value is -1.34. The summed E-state index contributed by atoms with van der Waals surface area (Å²) >= 11 is 0. The molecule has 0 saturated heterocycles. The topological polar surface area (TPSA) is 80.3 Å². The minimum Gasteiger partial charge on any atom is -0.313 e. The largest absolute Gasteiger partial charge is 0.501 e. The summed E-state index contributed by atoms with van der Waals surface area (Å²) in [6.45, 7) is 2.37. The first-order valence-electron chi connectivity index (χ1n) is 7.64. The van der Waals surface area contributed by atoms with Crippen molar-refractivity contribution in [1.29, 1.82) is 0 Å².